The van der Waals surface area contributed by atoms with Gasteiger partial charge in [0.2, 0.25) is 0 Å². The SMILES string of the molecule is CCOC(=O)c1cnc2c(-c3cc(F)cc(F)c3F)ncn2c1C(C)C. The summed E-state index contributed by atoms with van der Waals surface area (Å²) in [6.45, 7) is 5.62. The van der Waals surface area contributed by atoms with Gasteiger partial charge in [-0.3, -0.25) is 4.40 Å². The van der Waals surface area contributed by atoms with Crippen LogP contribution in [0.15, 0.2) is 24.7 Å². The van der Waals surface area contributed by atoms with Gasteiger partial charge in [-0.05, 0) is 18.9 Å². The van der Waals surface area contributed by atoms with Crippen LogP contribution < -0.4 is 0 Å². The van der Waals surface area contributed by atoms with Crippen molar-refractivity contribution in [2.24, 2.45) is 0 Å². The molecule has 8 heteroatoms. The third kappa shape index (κ3) is 2.91. The molecule has 0 saturated heterocycles. The van der Waals surface area contributed by atoms with Crippen LogP contribution in [0.25, 0.3) is 16.9 Å². The molecule has 2 aromatic heterocycles. The molecule has 1 aromatic carbocycles. The van der Waals surface area contributed by atoms with E-state index in [-0.39, 0.29) is 35.0 Å². The molecule has 3 aromatic rings. The summed E-state index contributed by atoms with van der Waals surface area (Å²) in [5, 5.41) is 0. The fourth-order valence-corrected chi connectivity index (χ4v) is 2.84. The highest BCUT2D eigenvalue weighted by molar-refractivity contribution is 5.91. The van der Waals surface area contributed by atoms with Crippen molar-refractivity contribution in [3.8, 4) is 11.3 Å². The molecule has 0 spiro atoms. The van der Waals surface area contributed by atoms with Crippen LogP contribution in [0.2, 0.25) is 0 Å². The molecule has 0 unspecified atom stereocenters. The van der Waals surface area contributed by atoms with E-state index in [0.29, 0.717) is 11.8 Å². The first-order valence-electron chi connectivity index (χ1n) is 8.03. The summed E-state index contributed by atoms with van der Waals surface area (Å²) in [5.74, 6) is -4.10. The van der Waals surface area contributed by atoms with Crippen LogP contribution >= 0.6 is 0 Å². The lowest BCUT2D eigenvalue weighted by atomic mass is 10.0. The predicted molar refractivity (Wildman–Crippen MR) is 88.3 cm³/mol. The van der Waals surface area contributed by atoms with Crippen molar-refractivity contribution >= 4 is 11.6 Å². The van der Waals surface area contributed by atoms with E-state index in [9.17, 15) is 18.0 Å². The number of hydrogen-bond acceptors (Lipinski definition) is 4. The lowest BCUT2D eigenvalue weighted by Crippen LogP contribution is -2.13. The predicted octanol–water partition coefficient (Wildman–Crippen LogP) is 4.11. The second-order valence-corrected chi connectivity index (χ2v) is 5.97. The molecule has 5 nitrogen and oxygen atoms in total. The first-order chi connectivity index (χ1) is 12.3. The number of carbonyl (C=O) groups is 1. The summed E-state index contributed by atoms with van der Waals surface area (Å²) in [5.41, 5.74) is 0.647. The first-order valence-corrected chi connectivity index (χ1v) is 8.03. The summed E-state index contributed by atoms with van der Waals surface area (Å²) < 4.78 is 47.8. The molecule has 0 aliphatic carbocycles. The molecular formula is C18H16F3N3O2. The average molecular weight is 363 g/mol. The van der Waals surface area contributed by atoms with Crippen LogP contribution in [0.1, 0.15) is 42.7 Å². The van der Waals surface area contributed by atoms with Gasteiger partial charge in [0, 0.05) is 23.5 Å². The fraction of sp³-hybridized carbons (Fsp3) is 0.278. The topological polar surface area (TPSA) is 56.5 Å². The van der Waals surface area contributed by atoms with Crippen molar-refractivity contribution in [1.29, 1.82) is 0 Å². The van der Waals surface area contributed by atoms with E-state index < -0.39 is 23.4 Å². The van der Waals surface area contributed by atoms with Gasteiger partial charge in [-0.25, -0.2) is 27.9 Å². The summed E-state index contributed by atoms with van der Waals surface area (Å²) in [4.78, 5) is 20.4. The first kappa shape index (κ1) is 17.9. The van der Waals surface area contributed by atoms with E-state index in [2.05, 4.69) is 9.97 Å². The van der Waals surface area contributed by atoms with E-state index in [0.717, 1.165) is 6.07 Å². The number of rotatable bonds is 4. The van der Waals surface area contributed by atoms with Crippen LogP contribution in [0.4, 0.5) is 13.2 Å². The van der Waals surface area contributed by atoms with E-state index in [1.54, 1.807) is 6.92 Å². The largest absolute Gasteiger partial charge is 0.462 e. The zero-order chi connectivity index (χ0) is 19.0. The van der Waals surface area contributed by atoms with Crippen molar-refractivity contribution in [1.82, 2.24) is 14.4 Å². The van der Waals surface area contributed by atoms with Crippen LogP contribution in [-0.2, 0) is 4.74 Å². The second-order valence-electron chi connectivity index (χ2n) is 5.97. The normalized spacial score (nSPS) is 11.3. The summed E-state index contributed by atoms with van der Waals surface area (Å²) in [6, 6.07) is 1.32. The van der Waals surface area contributed by atoms with Crippen molar-refractivity contribution in [3.05, 3.63) is 53.4 Å². The zero-order valence-corrected chi connectivity index (χ0v) is 14.4. The molecule has 0 atom stereocenters. The lowest BCUT2D eigenvalue weighted by Gasteiger charge is -2.14. The van der Waals surface area contributed by atoms with Gasteiger partial charge >= 0.3 is 5.97 Å². The number of halogens is 3. The van der Waals surface area contributed by atoms with Gasteiger partial charge in [0.05, 0.1) is 12.2 Å². The minimum Gasteiger partial charge on any atom is -0.462 e. The average Bonchev–Trinajstić information content (AvgIpc) is 3.01. The van der Waals surface area contributed by atoms with Gasteiger partial charge < -0.3 is 4.74 Å². The Balaban J connectivity index is 2.27. The number of carbonyl (C=O) groups excluding carboxylic acids is 1. The summed E-state index contributed by atoms with van der Waals surface area (Å²) in [6.07, 6.45) is 2.65. The Kier molecular flexibility index (Phi) is 4.67. The molecule has 2 heterocycles. The van der Waals surface area contributed by atoms with Crippen molar-refractivity contribution in [3.63, 3.8) is 0 Å². The summed E-state index contributed by atoms with van der Waals surface area (Å²) >= 11 is 0. The number of esters is 1. The maximum atomic E-state index is 14.1. The van der Waals surface area contributed by atoms with Crippen molar-refractivity contribution < 1.29 is 22.7 Å². The number of imidazole rings is 1. The molecule has 0 aliphatic heterocycles. The minimum atomic E-state index is -1.31. The zero-order valence-electron chi connectivity index (χ0n) is 14.4. The number of hydrogen-bond donors (Lipinski definition) is 0. The Morgan fingerprint density at radius 1 is 1.23 bits per heavy atom. The van der Waals surface area contributed by atoms with E-state index in [1.807, 2.05) is 13.8 Å². The molecule has 0 amide bonds. The number of nitrogens with zero attached hydrogens (tertiary/aromatic N) is 3. The lowest BCUT2D eigenvalue weighted by molar-refractivity contribution is 0.0523. The molecule has 0 fully saturated rings. The molecule has 136 valence electrons. The Labute approximate surface area is 147 Å². The molecule has 0 N–H and O–H groups in total. The quantitative estimate of drug-likeness (QED) is 0.517. The standard InChI is InChI=1S/C18H16F3N3O2/c1-4-26-18(25)12-7-22-17-15(23-8-24(17)16(12)9(2)3)11-5-10(19)6-13(20)14(11)21/h5-9H,4H2,1-3H3. The monoisotopic (exact) mass is 363 g/mol. The van der Waals surface area contributed by atoms with E-state index in [4.69, 9.17) is 4.74 Å². The Morgan fingerprint density at radius 3 is 2.62 bits per heavy atom. The summed E-state index contributed by atoms with van der Waals surface area (Å²) in [7, 11) is 0. The number of ether oxygens (including phenoxy) is 1. The van der Waals surface area contributed by atoms with Gasteiger partial charge in [-0.1, -0.05) is 13.8 Å². The third-order valence-electron chi connectivity index (χ3n) is 3.88. The second kappa shape index (κ2) is 6.78. The number of benzene rings is 1. The van der Waals surface area contributed by atoms with E-state index in [1.165, 1.54) is 16.9 Å². The highest BCUT2D eigenvalue weighted by atomic mass is 19.2. The molecule has 0 radical (unpaired) electrons. The highest BCUT2D eigenvalue weighted by Crippen LogP contribution is 2.30. The molecule has 0 bridgehead atoms. The van der Waals surface area contributed by atoms with Crippen molar-refractivity contribution in [2.45, 2.75) is 26.7 Å². The molecule has 0 aliphatic rings. The smallest absolute Gasteiger partial charge is 0.341 e. The van der Waals surface area contributed by atoms with Crippen LogP contribution in [0.3, 0.4) is 0 Å². The highest BCUT2D eigenvalue weighted by Gasteiger charge is 2.23. The number of aromatic nitrogens is 3. The Hall–Kier alpha value is -2.90. The fourth-order valence-electron chi connectivity index (χ4n) is 2.84. The van der Waals surface area contributed by atoms with Gasteiger partial charge in [0.15, 0.2) is 17.3 Å². The number of fused-ring (bicyclic) bond motifs is 1. The minimum absolute atomic E-state index is 0.0155. The Morgan fingerprint density at radius 2 is 1.96 bits per heavy atom. The van der Waals surface area contributed by atoms with Gasteiger partial charge in [0.25, 0.3) is 0 Å². The van der Waals surface area contributed by atoms with Crippen LogP contribution in [0, 0.1) is 17.5 Å². The van der Waals surface area contributed by atoms with Crippen LogP contribution in [-0.4, -0.2) is 26.9 Å². The maximum Gasteiger partial charge on any atom is 0.341 e. The molecule has 26 heavy (non-hydrogen) atoms. The van der Waals surface area contributed by atoms with E-state index >= 15 is 0 Å². The van der Waals surface area contributed by atoms with Gasteiger partial charge in [0.1, 0.15) is 17.8 Å². The third-order valence-corrected chi connectivity index (χ3v) is 3.88. The Bertz CT molecular complexity index is 999. The maximum absolute atomic E-state index is 14.1. The molecular weight excluding hydrogens is 347 g/mol. The van der Waals surface area contributed by atoms with Crippen LogP contribution in [0.5, 0.6) is 0 Å². The van der Waals surface area contributed by atoms with Crippen molar-refractivity contribution in [2.75, 3.05) is 6.61 Å². The molecule has 3 rings (SSSR count). The molecule has 0 saturated carbocycles. The van der Waals surface area contributed by atoms with Gasteiger partial charge in [-0.2, -0.15) is 0 Å². The van der Waals surface area contributed by atoms with Gasteiger partial charge in [-0.15, -0.1) is 0 Å².